The first-order valence-corrected chi connectivity index (χ1v) is 23.3. The van der Waals surface area contributed by atoms with Gasteiger partial charge in [0.05, 0.1) is 34.4 Å². The number of unbranched alkanes of at least 4 members (excludes halogenated alkanes) is 17. The molecule has 0 bridgehead atoms. The van der Waals surface area contributed by atoms with Gasteiger partial charge < -0.3 is 23.8 Å². The van der Waals surface area contributed by atoms with Gasteiger partial charge in [0, 0.05) is 19.3 Å². The van der Waals surface area contributed by atoms with Crippen LogP contribution in [0.2, 0.25) is 0 Å². The van der Waals surface area contributed by atoms with E-state index in [4.69, 9.17) is 14.2 Å². The Hall–Kier alpha value is -2.97. The number of carbonyl (C=O) groups is 3. The van der Waals surface area contributed by atoms with E-state index in [-0.39, 0.29) is 36.2 Å². The smallest absolute Gasteiger partial charge is 0.362 e. The zero-order valence-corrected chi connectivity index (χ0v) is 38.0. The summed E-state index contributed by atoms with van der Waals surface area (Å²) < 4.78 is 17.3. The SMILES string of the molecule is CC/C=C/C/C=C/CCCCCCCC(=O)OCC(COCCC(C(=O)O)[N+](C)(C)C)OC(=O)CCCCCCCCCCC/C=C/C/C=C/C/C=C/CCCCC. The predicted molar refractivity (Wildman–Crippen MR) is 243 cm³/mol. The van der Waals surface area contributed by atoms with Crippen LogP contribution >= 0.6 is 0 Å². The minimum Gasteiger partial charge on any atom is -0.477 e. The fourth-order valence-corrected chi connectivity index (χ4v) is 6.55. The molecule has 0 saturated carbocycles. The van der Waals surface area contributed by atoms with Gasteiger partial charge in [-0.05, 0) is 77.0 Å². The van der Waals surface area contributed by atoms with Crippen LogP contribution in [0.3, 0.4) is 0 Å². The summed E-state index contributed by atoms with van der Waals surface area (Å²) in [4.78, 5) is 37.0. The third-order valence-electron chi connectivity index (χ3n) is 10.2. The zero-order valence-electron chi connectivity index (χ0n) is 38.0. The first-order valence-electron chi connectivity index (χ1n) is 23.3. The molecular formula is C50H88NO7+. The highest BCUT2D eigenvalue weighted by Gasteiger charge is 2.31. The summed E-state index contributed by atoms with van der Waals surface area (Å²) in [7, 11) is 5.52. The molecule has 2 atom stereocenters. The minimum absolute atomic E-state index is 0.0524. The molecular weight excluding hydrogens is 727 g/mol. The number of likely N-dealkylation sites (N-methyl/N-ethyl adjacent to an activating group) is 1. The molecule has 0 aliphatic heterocycles. The van der Waals surface area contributed by atoms with E-state index in [9.17, 15) is 19.5 Å². The predicted octanol–water partition coefficient (Wildman–Crippen LogP) is 13.0. The molecule has 0 spiro atoms. The van der Waals surface area contributed by atoms with Gasteiger partial charge in [-0.2, -0.15) is 0 Å². The topological polar surface area (TPSA) is 99.1 Å². The van der Waals surface area contributed by atoms with Crippen LogP contribution in [0.5, 0.6) is 0 Å². The Balaban J connectivity index is 4.28. The van der Waals surface area contributed by atoms with Crippen molar-refractivity contribution >= 4 is 17.9 Å². The summed E-state index contributed by atoms with van der Waals surface area (Å²) in [5, 5.41) is 9.62. The zero-order chi connectivity index (χ0) is 42.8. The maximum Gasteiger partial charge on any atom is 0.362 e. The number of carboxylic acid groups (broad SMARTS) is 1. The molecule has 0 saturated heterocycles. The van der Waals surface area contributed by atoms with Gasteiger partial charge in [0.2, 0.25) is 0 Å². The Kier molecular flexibility index (Phi) is 38.7. The van der Waals surface area contributed by atoms with Gasteiger partial charge in [-0.15, -0.1) is 0 Å². The molecule has 58 heavy (non-hydrogen) atoms. The molecule has 0 rings (SSSR count). The second-order valence-corrected chi connectivity index (χ2v) is 16.6. The van der Waals surface area contributed by atoms with E-state index >= 15 is 0 Å². The lowest BCUT2D eigenvalue weighted by molar-refractivity contribution is -0.887. The molecule has 0 aliphatic carbocycles. The standard InChI is InChI=1S/C50H87NO7/c1-6-8-10-12-14-16-18-20-21-22-23-24-25-26-27-28-29-31-33-35-37-39-41-49(53)58-46(44-56-43-42-47(50(54)55)51(3,4)5)45-57-48(52)40-38-36-34-32-30-19-17-15-13-11-9-7-2/h9,11,14-17,20-21,23-24,46-47H,6-8,10,12-13,18-19,22,25-45H2,1-5H3/p+1/b11-9+,16-14+,17-15+,21-20+,24-23+. The Bertz CT molecular complexity index is 1130. The summed E-state index contributed by atoms with van der Waals surface area (Å²) in [5.74, 6) is -1.50. The number of carboxylic acids is 1. The lowest BCUT2D eigenvalue weighted by Gasteiger charge is -2.31. The first-order chi connectivity index (χ1) is 28.1. The Morgan fingerprint density at radius 1 is 0.534 bits per heavy atom. The highest BCUT2D eigenvalue weighted by Crippen LogP contribution is 2.14. The molecule has 0 aromatic heterocycles. The number of nitrogens with zero attached hydrogens (tertiary/aromatic N) is 1. The van der Waals surface area contributed by atoms with Crippen LogP contribution < -0.4 is 0 Å². The molecule has 0 fully saturated rings. The number of rotatable bonds is 41. The molecule has 0 heterocycles. The van der Waals surface area contributed by atoms with E-state index in [1.807, 2.05) is 21.1 Å². The van der Waals surface area contributed by atoms with E-state index in [0.29, 0.717) is 19.3 Å². The highest BCUT2D eigenvalue weighted by atomic mass is 16.6. The second kappa shape index (κ2) is 40.8. The van der Waals surface area contributed by atoms with Crippen LogP contribution in [0, 0.1) is 0 Å². The number of aliphatic carboxylic acids is 1. The van der Waals surface area contributed by atoms with Gasteiger partial charge in [0.1, 0.15) is 6.61 Å². The van der Waals surface area contributed by atoms with Crippen molar-refractivity contribution in [2.45, 2.75) is 199 Å². The molecule has 0 aromatic rings. The highest BCUT2D eigenvalue weighted by molar-refractivity contribution is 5.72. The summed E-state index contributed by atoms with van der Waals surface area (Å²) in [6, 6.07) is -0.619. The van der Waals surface area contributed by atoms with Crippen LogP contribution in [0.15, 0.2) is 60.8 Å². The van der Waals surface area contributed by atoms with Crippen molar-refractivity contribution < 1.29 is 38.2 Å². The Morgan fingerprint density at radius 3 is 1.43 bits per heavy atom. The molecule has 0 radical (unpaired) electrons. The number of quaternary nitrogens is 1. The molecule has 2 unspecified atom stereocenters. The summed E-state index contributed by atoms with van der Waals surface area (Å²) in [6.07, 6.45) is 49.8. The lowest BCUT2D eigenvalue weighted by Crippen LogP contribution is -2.50. The van der Waals surface area contributed by atoms with Crippen molar-refractivity contribution in [1.82, 2.24) is 0 Å². The monoisotopic (exact) mass is 815 g/mol. The fourth-order valence-electron chi connectivity index (χ4n) is 6.55. The largest absolute Gasteiger partial charge is 0.477 e. The average molecular weight is 815 g/mol. The van der Waals surface area contributed by atoms with Crippen LogP contribution in [-0.4, -0.2) is 80.6 Å². The molecule has 334 valence electrons. The average Bonchev–Trinajstić information content (AvgIpc) is 3.18. The number of hydrogen-bond acceptors (Lipinski definition) is 6. The van der Waals surface area contributed by atoms with Crippen molar-refractivity contribution in [2.75, 3.05) is 41.0 Å². The van der Waals surface area contributed by atoms with Crippen molar-refractivity contribution in [1.29, 1.82) is 0 Å². The van der Waals surface area contributed by atoms with E-state index in [0.717, 1.165) is 89.9 Å². The van der Waals surface area contributed by atoms with E-state index < -0.39 is 18.1 Å². The van der Waals surface area contributed by atoms with Gasteiger partial charge in [-0.1, -0.05) is 152 Å². The van der Waals surface area contributed by atoms with Crippen LogP contribution in [0.4, 0.5) is 0 Å². The lowest BCUT2D eigenvalue weighted by atomic mass is 10.1. The summed E-state index contributed by atoms with van der Waals surface area (Å²) in [5.41, 5.74) is 0. The molecule has 1 N–H and O–H groups in total. The first kappa shape index (κ1) is 55.0. The molecule has 8 heteroatoms. The van der Waals surface area contributed by atoms with Crippen molar-refractivity contribution in [3.05, 3.63) is 60.8 Å². The minimum atomic E-state index is -0.880. The van der Waals surface area contributed by atoms with E-state index in [1.165, 1.54) is 64.2 Å². The van der Waals surface area contributed by atoms with Crippen molar-refractivity contribution in [3.63, 3.8) is 0 Å². The number of carbonyl (C=O) groups excluding carboxylic acids is 2. The Morgan fingerprint density at radius 2 is 0.966 bits per heavy atom. The molecule has 0 amide bonds. The van der Waals surface area contributed by atoms with Gasteiger partial charge in [-0.3, -0.25) is 9.59 Å². The maximum atomic E-state index is 12.8. The van der Waals surface area contributed by atoms with Crippen molar-refractivity contribution in [3.8, 4) is 0 Å². The molecule has 8 nitrogen and oxygen atoms in total. The molecule has 0 aliphatic rings. The quantitative estimate of drug-likeness (QED) is 0.0284. The van der Waals surface area contributed by atoms with Gasteiger partial charge in [-0.25, -0.2) is 4.79 Å². The van der Waals surface area contributed by atoms with Crippen molar-refractivity contribution in [2.24, 2.45) is 0 Å². The van der Waals surface area contributed by atoms with Gasteiger partial charge in [0.25, 0.3) is 0 Å². The normalized spacial score (nSPS) is 13.5. The number of ether oxygens (including phenoxy) is 3. The maximum absolute atomic E-state index is 12.8. The van der Waals surface area contributed by atoms with Crippen LogP contribution in [0.25, 0.3) is 0 Å². The summed E-state index contributed by atoms with van der Waals surface area (Å²) >= 11 is 0. The van der Waals surface area contributed by atoms with E-state index in [1.54, 1.807) is 0 Å². The molecule has 0 aromatic carbocycles. The number of hydrogen-bond donors (Lipinski definition) is 1. The second-order valence-electron chi connectivity index (χ2n) is 16.6. The van der Waals surface area contributed by atoms with Crippen LogP contribution in [-0.2, 0) is 28.6 Å². The van der Waals surface area contributed by atoms with E-state index in [2.05, 4.69) is 74.6 Å². The number of esters is 2. The third-order valence-corrected chi connectivity index (χ3v) is 10.2. The fraction of sp³-hybridized carbons (Fsp3) is 0.740. The van der Waals surface area contributed by atoms with Crippen LogP contribution in [0.1, 0.15) is 187 Å². The van der Waals surface area contributed by atoms with Gasteiger partial charge >= 0.3 is 17.9 Å². The number of allylic oxidation sites excluding steroid dienone is 10. The van der Waals surface area contributed by atoms with Gasteiger partial charge in [0.15, 0.2) is 12.1 Å². The summed E-state index contributed by atoms with van der Waals surface area (Å²) in [6.45, 7) is 4.58. The third kappa shape index (κ3) is 38.5. The Labute approximate surface area is 356 Å².